The first-order valence-corrected chi connectivity index (χ1v) is 8.32. The largest absolute Gasteiger partial charge is 0.289 e. The van der Waals surface area contributed by atoms with Crippen molar-refractivity contribution in [3.8, 4) is 5.69 Å². The molecule has 120 valence electrons. The minimum atomic E-state index is -0.0289. The number of aryl methyl sites for hydroxylation is 2. The number of ketones is 1. The molecule has 1 heterocycles. The van der Waals surface area contributed by atoms with Crippen molar-refractivity contribution in [3.05, 3.63) is 76.7 Å². The van der Waals surface area contributed by atoms with Crippen molar-refractivity contribution in [2.45, 2.75) is 19.0 Å². The van der Waals surface area contributed by atoms with Gasteiger partial charge in [0.1, 0.15) is 0 Å². The number of rotatable bonds is 5. The van der Waals surface area contributed by atoms with Gasteiger partial charge in [0.05, 0.1) is 5.69 Å². The minimum absolute atomic E-state index is 0.0289. The first kappa shape index (κ1) is 16.1. The van der Waals surface area contributed by atoms with E-state index < -0.39 is 0 Å². The molecule has 0 aliphatic heterocycles. The highest BCUT2D eigenvalue weighted by Gasteiger charge is 2.08. The van der Waals surface area contributed by atoms with Gasteiger partial charge in [-0.3, -0.25) is 4.79 Å². The standard InChI is InChI=1S/C18H16N4OS/c1-13-8-9-16(14(2)12-13)17(23)10-11-24-18-19-20-21-22(18)15-6-4-3-5-7-15/h3-12H,1-2H3/b11-10-. The van der Waals surface area contributed by atoms with Crippen LogP contribution in [0.2, 0.25) is 0 Å². The summed E-state index contributed by atoms with van der Waals surface area (Å²) in [4.78, 5) is 12.3. The molecule has 24 heavy (non-hydrogen) atoms. The molecule has 0 aliphatic rings. The van der Waals surface area contributed by atoms with Gasteiger partial charge >= 0.3 is 0 Å². The molecule has 0 radical (unpaired) electrons. The number of nitrogens with zero attached hydrogens (tertiary/aromatic N) is 4. The summed E-state index contributed by atoms with van der Waals surface area (Å²) in [5, 5.41) is 14.0. The fraction of sp³-hybridized carbons (Fsp3) is 0.111. The van der Waals surface area contributed by atoms with E-state index in [0.717, 1.165) is 16.8 Å². The Hall–Kier alpha value is -2.73. The number of aromatic nitrogens is 4. The van der Waals surface area contributed by atoms with Crippen molar-refractivity contribution < 1.29 is 4.79 Å². The summed E-state index contributed by atoms with van der Waals surface area (Å²) < 4.78 is 1.64. The van der Waals surface area contributed by atoms with Crippen molar-refractivity contribution in [2.24, 2.45) is 0 Å². The molecule has 2 aromatic carbocycles. The third-order valence-electron chi connectivity index (χ3n) is 3.48. The van der Waals surface area contributed by atoms with Gasteiger partial charge in [-0.05, 0) is 53.5 Å². The molecule has 0 amide bonds. The predicted molar refractivity (Wildman–Crippen MR) is 94.4 cm³/mol. The van der Waals surface area contributed by atoms with Gasteiger partial charge in [0.15, 0.2) is 5.78 Å². The first-order valence-electron chi connectivity index (χ1n) is 7.44. The highest BCUT2D eigenvalue weighted by Crippen LogP contribution is 2.19. The Morgan fingerprint density at radius 2 is 1.92 bits per heavy atom. The zero-order valence-corrected chi connectivity index (χ0v) is 14.2. The molecular weight excluding hydrogens is 320 g/mol. The van der Waals surface area contributed by atoms with Crippen molar-refractivity contribution in [1.82, 2.24) is 20.2 Å². The Morgan fingerprint density at radius 1 is 1.12 bits per heavy atom. The van der Waals surface area contributed by atoms with E-state index in [1.54, 1.807) is 16.2 Å². The van der Waals surface area contributed by atoms with Crippen LogP contribution >= 0.6 is 11.8 Å². The Labute approximate surface area is 144 Å². The number of allylic oxidation sites excluding steroid dienone is 1. The Morgan fingerprint density at radius 3 is 2.67 bits per heavy atom. The molecule has 5 nitrogen and oxygen atoms in total. The summed E-state index contributed by atoms with van der Waals surface area (Å²) in [6.45, 7) is 3.95. The second kappa shape index (κ2) is 7.23. The summed E-state index contributed by atoms with van der Waals surface area (Å²) in [5.74, 6) is -0.0289. The highest BCUT2D eigenvalue weighted by molar-refractivity contribution is 8.02. The van der Waals surface area contributed by atoms with Gasteiger partial charge in [-0.25, -0.2) is 0 Å². The average molecular weight is 336 g/mol. The molecule has 0 fully saturated rings. The zero-order chi connectivity index (χ0) is 16.9. The van der Waals surface area contributed by atoms with Crippen LogP contribution < -0.4 is 0 Å². The summed E-state index contributed by atoms with van der Waals surface area (Å²) >= 11 is 1.31. The van der Waals surface area contributed by atoms with E-state index in [0.29, 0.717) is 10.7 Å². The number of carbonyl (C=O) groups excluding carboxylic acids is 1. The fourth-order valence-corrected chi connectivity index (χ4v) is 2.96. The van der Waals surface area contributed by atoms with Gasteiger partial charge in [-0.15, -0.1) is 5.10 Å². The van der Waals surface area contributed by atoms with Crippen molar-refractivity contribution in [1.29, 1.82) is 0 Å². The molecule has 0 N–H and O–H groups in total. The normalized spacial score (nSPS) is 11.1. The van der Waals surface area contributed by atoms with Crippen LogP contribution in [0.4, 0.5) is 0 Å². The number of thioether (sulfide) groups is 1. The van der Waals surface area contributed by atoms with Crippen molar-refractivity contribution in [2.75, 3.05) is 0 Å². The number of tetrazole rings is 1. The van der Waals surface area contributed by atoms with Crippen LogP contribution in [0.5, 0.6) is 0 Å². The third-order valence-corrected chi connectivity index (χ3v) is 4.22. The molecule has 1 aromatic heterocycles. The molecule has 0 aliphatic carbocycles. The fourth-order valence-electron chi connectivity index (χ4n) is 2.32. The predicted octanol–water partition coefficient (Wildman–Crippen LogP) is 3.77. The molecule has 6 heteroatoms. The number of carbonyl (C=O) groups is 1. The lowest BCUT2D eigenvalue weighted by molar-refractivity contribution is 0.104. The van der Waals surface area contributed by atoms with E-state index in [-0.39, 0.29) is 5.78 Å². The lowest BCUT2D eigenvalue weighted by Gasteiger charge is -2.03. The second-order valence-electron chi connectivity index (χ2n) is 5.31. The van der Waals surface area contributed by atoms with Crippen LogP contribution in [-0.2, 0) is 0 Å². The molecule has 0 atom stereocenters. The number of hydrogen-bond acceptors (Lipinski definition) is 5. The van der Waals surface area contributed by atoms with Gasteiger partial charge in [0.25, 0.3) is 0 Å². The van der Waals surface area contributed by atoms with Gasteiger partial charge in [-0.1, -0.05) is 53.7 Å². The van der Waals surface area contributed by atoms with Crippen LogP contribution in [-0.4, -0.2) is 26.0 Å². The second-order valence-corrected chi connectivity index (χ2v) is 6.19. The molecule has 0 bridgehead atoms. The molecule has 3 aromatic rings. The Balaban J connectivity index is 1.73. The van der Waals surface area contributed by atoms with E-state index in [4.69, 9.17) is 0 Å². The Bertz CT molecular complexity index is 887. The maximum absolute atomic E-state index is 12.3. The third kappa shape index (κ3) is 3.60. The number of hydrogen-bond donors (Lipinski definition) is 0. The summed E-state index contributed by atoms with van der Waals surface area (Å²) in [5.41, 5.74) is 3.70. The molecule has 3 rings (SSSR count). The monoisotopic (exact) mass is 336 g/mol. The van der Waals surface area contributed by atoms with Gasteiger partial charge in [0.2, 0.25) is 5.16 Å². The molecule has 0 saturated heterocycles. The van der Waals surface area contributed by atoms with Crippen LogP contribution in [0.15, 0.2) is 65.2 Å². The van der Waals surface area contributed by atoms with E-state index in [2.05, 4.69) is 15.5 Å². The summed E-state index contributed by atoms with van der Waals surface area (Å²) in [7, 11) is 0. The lowest BCUT2D eigenvalue weighted by atomic mass is 10.0. The van der Waals surface area contributed by atoms with Crippen molar-refractivity contribution in [3.63, 3.8) is 0 Å². The molecular formula is C18H16N4OS. The maximum atomic E-state index is 12.3. The van der Waals surface area contributed by atoms with E-state index >= 15 is 0 Å². The highest BCUT2D eigenvalue weighted by atomic mass is 32.2. The van der Waals surface area contributed by atoms with E-state index in [9.17, 15) is 4.79 Å². The van der Waals surface area contributed by atoms with E-state index in [1.807, 2.05) is 62.4 Å². The topological polar surface area (TPSA) is 60.7 Å². The smallest absolute Gasteiger partial charge is 0.218 e. The zero-order valence-electron chi connectivity index (χ0n) is 13.4. The Kier molecular flexibility index (Phi) is 4.86. The van der Waals surface area contributed by atoms with Crippen molar-refractivity contribution >= 4 is 17.5 Å². The number of para-hydroxylation sites is 1. The van der Waals surface area contributed by atoms with Gasteiger partial charge < -0.3 is 0 Å². The molecule has 0 saturated carbocycles. The first-order chi connectivity index (χ1) is 11.6. The molecule has 0 spiro atoms. The minimum Gasteiger partial charge on any atom is -0.289 e. The summed E-state index contributed by atoms with van der Waals surface area (Å²) in [6, 6.07) is 15.4. The lowest BCUT2D eigenvalue weighted by Crippen LogP contribution is -1.99. The van der Waals surface area contributed by atoms with Gasteiger partial charge in [0, 0.05) is 5.56 Å². The molecule has 0 unspecified atom stereocenters. The average Bonchev–Trinajstić information content (AvgIpc) is 3.04. The van der Waals surface area contributed by atoms with Gasteiger partial charge in [-0.2, -0.15) is 4.68 Å². The van der Waals surface area contributed by atoms with Crippen LogP contribution in [0.25, 0.3) is 5.69 Å². The SMILES string of the molecule is Cc1ccc(C(=O)/C=C\Sc2nnnn2-c2ccccc2)c(C)c1. The van der Waals surface area contributed by atoms with Crippen LogP contribution in [0.3, 0.4) is 0 Å². The number of benzene rings is 2. The summed E-state index contributed by atoms with van der Waals surface area (Å²) in [6.07, 6.45) is 1.55. The van der Waals surface area contributed by atoms with Crippen LogP contribution in [0, 0.1) is 13.8 Å². The quantitative estimate of drug-likeness (QED) is 0.403. The van der Waals surface area contributed by atoms with Crippen LogP contribution in [0.1, 0.15) is 21.5 Å². The maximum Gasteiger partial charge on any atom is 0.218 e. The van der Waals surface area contributed by atoms with E-state index in [1.165, 1.54) is 11.8 Å².